The number of carbonyl (C=O) groups is 1. The fourth-order valence-electron chi connectivity index (χ4n) is 3.03. The number of nitrogens with two attached hydrogens (primary N) is 1. The van der Waals surface area contributed by atoms with Crippen LogP contribution in [0.4, 0.5) is 18.9 Å². The second kappa shape index (κ2) is 6.36. The topological polar surface area (TPSA) is 121 Å². The first kappa shape index (κ1) is 17.8. The third-order valence-electron chi connectivity index (χ3n) is 4.30. The molecular weight excluding hydrogens is 353 g/mol. The van der Waals surface area contributed by atoms with Gasteiger partial charge >= 0.3 is 11.9 Å². The van der Waals surface area contributed by atoms with Crippen LogP contribution in [0.1, 0.15) is 46.1 Å². The van der Waals surface area contributed by atoms with E-state index in [4.69, 9.17) is 5.73 Å². The van der Waals surface area contributed by atoms with Gasteiger partial charge < -0.3 is 16.0 Å². The molecule has 5 N–H and O–H groups in total. The lowest BCUT2D eigenvalue weighted by Gasteiger charge is -2.27. The number of hydrogen-bond acceptors (Lipinski definition) is 4. The van der Waals surface area contributed by atoms with Gasteiger partial charge in [0.15, 0.2) is 0 Å². The monoisotopic (exact) mass is 368 g/mol. The van der Waals surface area contributed by atoms with Crippen LogP contribution in [0, 0.1) is 0 Å². The van der Waals surface area contributed by atoms with Crippen LogP contribution < -0.4 is 22.3 Å². The quantitative estimate of drug-likeness (QED) is 0.641. The summed E-state index contributed by atoms with van der Waals surface area (Å²) in [5.41, 5.74) is 3.07. The number of aromatic nitrogens is 2. The van der Waals surface area contributed by atoms with Gasteiger partial charge in [-0.3, -0.25) is 14.6 Å². The Morgan fingerprint density at radius 1 is 1.23 bits per heavy atom. The van der Waals surface area contributed by atoms with Gasteiger partial charge in [-0.25, -0.2) is 4.79 Å². The number of aryl methyl sites for hydroxylation is 1. The largest absolute Gasteiger partial charge is 0.416 e. The van der Waals surface area contributed by atoms with E-state index in [0.717, 1.165) is 12.1 Å². The van der Waals surface area contributed by atoms with Crippen molar-refractivity contribution in [1.29, 1.82) is 0 Å². The molecule has 1 aliphatic carbocycles. The molecule has 26 heavy (non-hydrogen) atoms. The molecule has 2 aromatic rings. The Kier molecular flexibility index (Phi) is 4.34. The molecule has 1 aliphatic rings. The van der Waals surface area contributed by atoms with E-state index in [2.05, 4.69) is 10.3 Å². The van der Waals surface area contributed by atoms with Gasteiger partial charge in [-0.05, 0) is 42.5 Å². The zero-order chi connectivity index (χ0) is 19.1. The molecule has 0 saturated carbocycles. The van der Waals surface area contributed by atoms with E-state index >= 15 is 0 Å². The number of H-pyrrole nitrogens is 2. The Morgan fingerprint density at radius 2 is 1.96 bits per heavy atom. The minimum absolute atomic E-state index is 0.366. The fraction of sp³-hybridized carbons (Fsp3) is 0.312. The number of amides is 1. The lowest BCUT2D eigenvalue weighted by Crippen LogP contribution is -2.36. The summed E-state index contributed by atoms with van der Waals surface area (Å²) in [5, 5.41) is 2.56. The number of fused-ring (bicyclic) bond motifs is 1. The van der Waals surface area contributed by atoms with Crippen LogP contribution >= 0.6 is 0 Å². The molecule has 0 fully saturated rings. The van der Waals surface area contributed by atoms with Crippen molar-refractivity contribution in [2.45, 2.75) is 31.5 Å². The number of alkyl halides is 3. The zero-order valence-electron chi connectivity index (χ0n) is 13.4. The standard InChI is InChI=1S/C16H15F3N4O3/c17-16(18,19)8-5-4-7-2-1-3-10(9(7)6-8)21-14(25)12-11(20)13(24)23-15(26)22-12/h4-6,10H,1-3,20H2,(H,21,25)(H2,22,23,24,26)/t10-/m1/s1. The molecule has 0 spiro atoms. The van der Waals surface area contributed by atoms with Gasteiger partial charge in [0, 0.05) is 0 Å². The summed E-state index contributed by atoms with van der Waals surface area (Å²) in [6.45, 7) is 0. The highest BCUT2D eigenvalue weighted by molar-refractivity contribution is 5.97. The van der Waals surface area contributed by atoms with Crippen molar-refractivity contribution in [1.82, 2.24) is 15.3 Å². The van der Waals surface area contributed by atoms with E-state index in [-0.39, 0.29) is 0 Å². The molecule has 0 unspecified atom stereocenters. The van der Waals surface area contributed by atoms with Crippen LogP contribution in [0.15, 0.2) is 27.8 Å². The molecule has 10 heteroatoms. The van der Waals surface area contributed by atoms with Gasteiger partial charge in [0.2, 0.25) is 0 Å². The van der Waals surface area contributed by atoms with Crippen molar-refractivity contribution in [2.75, 3.05) is 5.73 Å². The van der Waals surface area contributed by atoms with Crippen molar-refractivity contribution in [3.05, 3.63) is 61.4 Å². The van der Waals surface area contributed by atoms with Gasteiger partial charge in [-0.15, -0.1) is 0 Å². The van der Waals surface area contributed by atoms with Crippen LogP contribution in [-0.4, -0.2) is 15.9 Å². The van der Waals surface area contributed by atoms with Crippen molar-refractivity contribution in [3.63, 3.8) is 0 Å². The van der Waals surface area contributed by atoms with Crippen molar-refractivity contribution < 1.29 is 18.0 Å². The lowest BCUT2D eigenvalue weighted by atomic mass is 9.86. The SMILES string of the molecule is Nc1c(C(=O)N[C@@H]2CCCc3ccc(C(F)(F)F)cc32)[nH]c(=O)[nH]c1=O. The number of hydrogen-bond donors (Lipinski definition) is 4. The smallest absolute Gasteiger partial charge is 0.392 e. The van der Waals surface area contributed by atoms with Crippen molar-refractivity contribution in [2.24, 2.45) is 0 Å². The van der Waals surface area contributed by atoms with Crippen LogP contribution in [0.3, 0.4) is 0 Å². The molecule has 0 saturated heterocycles. The minimum Gasteiger partial charge on any atom is -0.392 e. The molecule has 1 aromatic carbocycles. The van der Waals surface area contributed by atoms with E-state index in [1.807, 2.05) is 4.98 Å². The summed E-state index contributed by atoms with van der Waals surface area (Å²) < 4.78 is 38.9. The van der Waals surface area contributed by atoms with Crippen molar-refractivity contribution in [3.8, 4) is 0 Å². The van der Waals surface area contributed by atoms with E-state index in [0.29, 0.717) is 30.4 Å². The number of carbonyl (C=O) groups excluding carboxylic acids is 1. The van der Waals surface area contributed by atoms with Crippen LogP contribution in [0.5, 0.6) is 0 Å². The summed E-state index contributed by atoms with van der Waals surface area (Å²) >= 11 is 0. The van der Waals surface area contributed by atoms with E-state index in [9.17, 15) is 27.6 Å². The van der Waals surface area contributed by atoms with Crippen LogP contribution in [0.2, 0.25) is 0 Å². The second-order valence-corrected chi connectivity index (χ2v) is 6.03. The number of halogens is 3. The summed E-state index contributed by atoms with van der Waals surface area (Å²) in [4.78, 5) is 39.3. The summed E-state index contributed by atoms with van der Waals surface area (Å²) in [6.07, 6.45) is -2.80. The number of nitrogen functional groups attached to an aromatic ring is 1. The number of nitrogens with one attached hydrogen (secondary N) is 3. The molecule has 0 aliphatic heterocycles. The summed E-state index contributed by atoms with van der Waals surface area (Å²) in [5.74, 6) is -0.832. The molecular formula is C16H15F3N4O3. The Bertz CT molecular complexity index is 978. The minimum atomic E-state index is -4.50. The van der Waals surface area contributed by atoms with Crippen LogP contribution in [-0.2, 0) is 12.6 Å². The van der Waals surface area contributed by atoms with Crippen LogP contribution in [0.25, 0.3) is 0 Å². The number of aromatic amines is 2. The maximum absolute atomic E-state index is 13.0. The van der Waals surface area contributed by atoms with Gasteiger partial charge in [0.05, 0.1) is 11.6 Å². The molecule has 1 heterocycles. The van der Waals surface area contributed by atoms with Gasteiger partial charge in [0.25, 0.3) is 11.5 Å². The number of anilines is 1. The molecule has 7 nitrogen and oxygen atoms in total. The summed E-state index contributed by atoms with van der Waals surface area (Å²) in [7, 11) is 0. The van der Waals surface area contributed by atoms with E-state index in [1.54, 1.807) is 0 Å². The van der Waals surface area contributed by atoms with Gasteiger partial charge in [0.1, 0.15) is 11.4 Å². The summed E-state index contributed by atoms with van der Waals surface area (Å²) in [6, 6.07) is 2.74. The van der Waals surface area contributed by atoms with Crippen molar-refractivity contribution >= 4 is 11.6 Å². The van der Waals surface area contributed by atoms with Gasteiger partial charge in [-0.2, -0.15) is 13.2 Å². The molecule has 1 amide bonds. The Hall–Kier alpha value is -3.04. The fourth-order valence-corrected chi connectivity index (χ4v) is 3.03. The predicted octanol–water partition coefficient (Wildman–Crippen LogP) is 1.47. The molecule has 138 valence electrons. The first-order chi connectivity index (χ1) is 12.2. The average molecular weight is 368 g/mol. The Balaban J connectivity index is 1.94. The molecule has 3 rings (SSSR count). The Morgan fingerprint density at radius 3 is 2.65 bits per heavy atom. The third-order valence-corrected chi connectivity index (χ3v) is 4.30. The highest BCUT2D eigenvalue weighted by atomic mass is 19.4. The first-order valence-electron chi connectivity index (χ1n) is 7.80. The maximum Gasteiger partial charge on any atom is 0.416 e. The second-order valence-electron chi connectivity index (χ2n) is 6.03. The zero-order valence-corrected chi connectivity index (χ0v) is 13.4. The first-order valence-corrected chi connectivity index (χ1v) is 7.80. The molecule has 1 aromatic heterocycles. The lowest BCUT2D eigenvalue weighted by molar-refractivity contribution is -0.137. The normalized spacial score (nSPS) is 16.8. The van der Waals surface area contributed by atoms with Gasteiger partial charge in [-0.1, -0.05) is 6.07 Å². The maximum atomic E-state index is 13.0. The predicted molar refractivity (Wildman–Crippen MR) is 86.7 cm³/mol. The molecule has 0 radical (unpaired) electrons. The Labute approximate surface area is 144 Å². The molecule has 1 atom stereocenters. The average Bonchev–Trinajstić information content (AvgIpc) is 2.57. The highest BCUT2D eigenvalue weighted by Gasteiger charge is 2.33. The molecule has 0 bridgehead atoms. The van der Waals surface area contributed by atoms with E-state index in [1.165, 1.54) is 6.07 Å². The highest BCUT2D eigenvalue weighted by Crippen LogP contribution is 2.36. The number of benzene rings is 1. The van der Waals surface area contributed by atoms with E-state index < -0.39 is 46.3 Å². The number of rotatable bonds is 2. The third kappa shape index (κ3) is 3.35.